The summed E-state index contributed by atoms with van der Waals surface area (Å²) in [5.41, 5.74) is 2.79. The Kier molecular flexibility index (Phi) is 4.04. The van der Waals surface area contributed by atoms with E-state index in [1.54, 1.807) is 44.3 Å². The lowest BCUT2D eigenvalue weighted by Crippen LogP contribution is -2.23. The van der Waals surface area contributed by atoms with E-state index in [2.05, 4.69) is 9.72 Å². The van der Waals surface area contributed by atoms with E-state index >= 15 is 0 Å². The number of nitrogens with zero attached hydrogens (tertiary/aromatic N) is 2. The van der Waals surface area contributed by atoms with Crippen LogP contribution in [0.2, 0.25) is 0 Å². The quantitative estimate of drug-likeness (QED) is 0.843. The molecule has 0 aliphatic heterocycles. The van der Waals surface area contributed by atoms with E-state index in [0.29, 0.717) is 27.9 Å². The van der Waals surface area contributed by atoms with Gasteiger partial charge in [0, 0.05) is 7.05 Å². The summed E-state index contributed by atoms with van der Waals surface area (Å²) in [4.78, 5) is 16.2. The second kappa shape index (κ2) is 5.90. The van der Waals surface area contributed by atoms with Crippen molar-refractivity contribution in [1.82, 2.24) is 9.55 Å². The van der Waals surface area contributed by atoms with Crippen molar-refractivity contribution in [1.29, 1.82) is 0 Å². The third-order valence-corrected chi connectivity index (χ3v) is 3.89. The Hall–Kier alpha value is -2.41. The van der Waals surface area contributed by atoms with Gasteiger partial charge in [0.25, 0.3) is 5.56 Å². The van der Waals surface area contributed by atoms with Gasteiger partial charge in [-0.15, -0.1) is 13.2 Å². The van der Waals surface area contributed by atoms with E-state index in [0.717, 1.165) is 0 Å². The van der Waals surface area contributed by atoms with Gasteiger partial charge in [-0.05, 0) is 42.7 Å². The number of fused-ring (bicyclic) bond motifs is 1. The molecule has 0 bridgehead atoms. The molecule has 1 aromatic heterocycles. The normalized spacial score (nSPS) is 18.0. The summed E-state index contributed by atoms with van der Waals surface area (Å²) in [5.74, 6) is 0. The van der Waals surface area contributed by atoms with Crippen molar-refractivity contribution in [2.45, 2.75) is 25.8 Å². The summed E-state index contributed by atoms with van der Waals surface area (Å²) >= 11 is 0. The molecule has 2 aromatic rings. The zero-order chi connectivity index (χ0) is 17.5. The number of rotatable bonds is 2. The van der Waals surface area contributed by atoms with Crippen LogP contribution in [0.25, 0.3) is 16.6 Å². The topological polar surface area (TPSA) is 44.1 Å². The fourth-order valence-electron chi connectivity index (χ4n) is 2.75. The number of hydrogen-bond donors (Lipinski definition) is 0. The maximum atomic E-state index is 12.4. The van der Waals surface area contributed by atoms with Gasteiger partial charge >= 0.3 is 6.36 Å². The lowest BCUT2D eigenvalue weighted by Gasteiger charge is -2.19. The lowest BCUT2D eigenvalue weighted by molar-refractivity contribution is -0.335. The minimum absolute atomic E-state index is 0.163. The molecule has 126 valence electrons. The predicted octanol–water partition coefficient (Wildman–Crippen LogP) is 3.49. The van der Waals surface area contributed by atoms with Crippen molar-refractivity contribution in [2.24, 2.45) is 7.05 Å². The molecule has 0 fully saturated rings. The number of allylic oxidation sites excluding steroid dienone is 2. The third kappa shape index (κ3) is 3.26. The number of halogens is 3. The first-order valence-electron chi connectivity index (χ1n) is 7.35. The maximum absolute atomic E-state index is 12.4. The number of aryl methyl sites for hydroxylation is 2. The highest BCUT2D eigenvalue weighted by molar-refractivity contribution is 5.84. The molecule has 0 spiro atoms. The summed E-state index contributed by atoms with van der Waals surface area (Å²) in [6.45, 7) is 1.64. The maximum Gasteiger partial charge on any atom is 0.523 e. The Morgan fingerprint density at radius 2 is 2.08 bits per heavy atom. The van der Waals surface area contributed by atoms with Crippen molar-refractivity contribution < 1.29 is 17.9 Å². The molecule has 3 rings (SSSR count). The van der Waals surface area contributed by atoms with Gasteiger partial charge < -0.3 is 4.57 Å². The monoisotopic (exact) mass is 336 g/mol. The second-order valence-electron chi connectivity index (χ2n) is 5.63. The molecule has 1 aliphatic carbocycles. The second-order valence-corrected chi connectivity index (χ2v) is 5.63. The highest BCUT2D eigenvalue weighted by atomic mass is 19.4. The third-order valence-electron chi connectivity index (χ3n) is 3.89. The van der Waals surface area contributed by atoms with E-state index in [-0.39, 0.29) is 12.0 Å². The van der Waals surface area contributed by atoms with E-state index < -0.39 is 12.5 Å². The van der Waals surface area contributed by atoms with Gasteiger partial charge in [0.05, 0.1) is 17.1 Å². The minimum atomic E-state index is -4.67. The fraction of sp³-hybridized carbons (Fsp3) is 0.294. The van der Waals surface area contributed by atoms with Crippen LogP contribution in [0.3, 0.4) is 0 Å². The standard InChI is InChI=1S/C17H15F3N2O2/c1-10-16(23)22(2)15-9-12(6-7-14(15)21-10)11-4-3-5-13(8-11)24-17(18,19)20/h3-4,6-9,13H,5H2,1-2H3. The van der Waals surface area contributed by atoms with Crippen LogP contribution in [0.15, 0.2) is 41.2 Å². The van der Waals surface area contributed by atoms with Crippen LogP contribution >= 0.6 is 0 Å². The smallest absolute Gasteiger partial charge is 0.308 e. The first-order valence-corrected chi connectivity index (χ1v) is 7.35. The van der Waals surface area contributed by atoms with Crippen LogP contribution < -0.4 is 5.56 Å². The molecule has 24 heavy (non-hydrogen) atoms. The molecule has 0 saturated carbocycles. The Labute approximate surface area is 135 Å². The molecule has 0 radical (unpaired) electrons. The molecule has 1 heterocycles. The fourth-order valence-corrected chi connectivity index (χ4v) is 2.75. The van der Waals surface area contributed by atoms with Crippen LogP contribution in [0.1, 0.15) is 17.7 Å². The zero-order valence-corrected chi connectivity index (χ0v) is 13.1. The lowest BCUT2D eigenvalue weighted by atomic mass is 9.97. The van der Waals surface area contributed by atoms with Crippen LogP contribution in [0.5, 0.6) is 0 Å². The summed E-state index contributed by atoms with van der Waals surface area (Å²) in [5, 5.41) is 0. The van der Waals surface area contributed by atoms with E-state index in [1.165, 1.54) is 10.6 Å². The van der Waals surface area contributed by atoms with Crippen molar-refractivity contribution in [3.8, 4) is 0 Å². The Morgan fingerprint density at radius 3 is 2.79 bits per heavy atom. The molecule has 1 aliphatic rings. The highest BCUT2D eigenvalue weighted by Crippen LogP contribution is 2.28. The average Bonchev–Trinajstić information content (AvgIpc) is 2.51. The SMILES string of the molecule is Cc1nc2ccc(C3=CC(OC(F)(F)F)CC=C3)cc2n(C)c1=O. The van der Waals surface area contributed by atoms with Crippen LogP contribution in [0.4, 0.5) is 13.2 Å². The Balaban J connectivity index is 2.03. The number of aromatic nitrogens is 2. The van der Waals surface area contributed by atoms with Crippen molar-refractivity contribution in [3.63, 3.8) is 0 Å². The molecule has 7 heteroatoms. The Morgan fingerprint density at radius 1 is 1.33 bits per heavy atom. The molecule has 1 aromatic carbocycles. The van der Waals surface area contributed by atoms with E-state index in [4.69, 9.17) is 0 Å². The summed E-state index contributed by atoms with van der Waals surface area (Å²) in [7, 11) is 1.64. The van der Waals surface area contributed by atoms with Gasteiger partial charge in [-0.1, -0.05) is 18.2 Å². The molecule has 1 atom stereocenters. The molecule has 1 unspecified atom stereocenters. The van der Waals surface area contributed by atoms with Gasteiger partial charge in [-0.2, -0.15) is 0 Å². The molecule has 4 nitrogen and oxygen atoms in total. The van der Waals surface area contributed by atoms with Gasteiger partial charge in [-0.3, -0.25) is 9.53 Å². The van der Waals surface area contributed by atoms with Gasteiger partial charge in [0.1, 0.15) is 5.69 Å². The number of benzene rings is 1. The number of alkyl halides is 3. The Bertz CT molecular complexity index is 910. The van der Waals surface area contributed by atoms with Gasteiger partial charge in [-0.25, -0.2) is 4.98 Å². The first kappa shape index (κ1) is 16.4. The molecular weight excluding hydrogens is 321 g/mol. The summed E-state index contributed by atoms with van der Waals surface area (Å²) < 4.78 is 42.7. The van der Waals surface area contributed by atoms with E-state index in [9.17, 15) is 18.0 Å². The molecule has 0 saturated heterocycles. The molecule has 0 amide bonds. The van der Waals surface area contributed by atoms with Crippen LogP contribution in [-0.4, -0.2) is 22.0 Å². The number of ether oxygens (including phenoxy) is 1. The number of hydrogen-bond acceptors (Lipinski definition) is 3. The molecule has 0 N–H and O–H groups in total. The first-order chi connectivity index (χ1) is 11.2. The van der Waals surface area contributed by atoms with Gasteiger partial charge in [0.15, 0.2) is 0 Å². The van der Waals surface area contributed by atoms with Crippen LogP contribution in [-0.2, 0) is 11.8 Å². The largest absolute Gasteiger partial charge is 0.523 e. The van der Waals surface area contributed by atoms with Gasteiger partial charge in [0.2, 0.25) is 0 Å². The van der Waals surface area contributed by atoms with Crippen molar-refractivity contribution in [3.05, 3.63) is 58.0 Å². The van der Waals surface area contributed by atoms with Crippen molar-refractivity contribution in [2.75, 3.05) is 0 Å². The summed E-state index contributed by atoms with van der Waals surface area (Å²) in [6.07, 6.45) is -0.740. The summed E-state index contributed by atoms with van der Waals surface area (Å²) in [6, 6.07) is 5.26. The highest BCUT2D eigenvalue weighted by Gasteiger charge is 2.33. The molecular formula is C17H15F3N2O2. The zero-order valence-electron chi connectivity index (χ0n) is 13.1. The predicted molar refractivity (Wildman–Crippen MR) is 84.4 cm³/mol. The van der Waals surface area contributed by atoms with Crippen LogP contribution in [0, 0.1) is 6.92 Å². The average molecular weight is 336 g/mol. The van der Waals surface area contributed by atoms with E-state index in [1.807, 2.05) is 0 Å². The minimum Gasteiger partial charge on any atom is -0.308 e. The van der Waals surface area contributed by atoms with Crippen molar-refractivity contribution >= 4 is 16.6 Å².